The lowest BCUT2D eigenvalue weighted by atomic mass is 10.2. The van der Waals surface area contributed by atoms with Crippen LogP contribution in [0.15, 0.2) is 36.0 Å². The number of fused-ring (bicyclic) bond motifs is 1. The third-order valence-electron chi connectivity index (χ3n) is 1.92. The lowest BCUT2D eigenvalue weighted by Gasteiger charge is -2.04. The van der Waals surface area contributed by atoms with Gasteiger partial charge in [0.1, 0.15) is 0 Å². The van der Waals surface area contributed by atoms with Gasteiger partial charge in [-0.3, -0.25) is 5.10 Å². The summed E-state index contributed by atoms with van der Waals surface area (Å²) in [6.07, 6.45) is 1.79. The van der Waals surface area contributed by atoms with Crippen LogP contribution < -0.4 is 5.32 Å². The second kappa shape index (κ2) is 3.72. The number of nitrogens with zero attached hydrogens (tertiary/aromatic N) is 1. The maximum atomic E-state index is 5.65. The molecule has 0 radical (unpaired) electrons. The van der Waals surface area contributed by atoms with Crippen LogP contribution in [0, 0.1) is 0 Å². The highest BCUT2D eigenvalue weighted by Gasteiger charge is 1.97. The van der Waals surface area contributed by atoms with Gasteiger partial charge in [-0.2, -0.15) is 5.10 Å². The Balaban J connectivity index is 2.21. The highest BCUT2D eigenvalue weighted by molar-refractivity contribution is 6.29. The molecule has 0 fully saturated rings. The molecule has 0 saturated heterocycles. The van der Waals surface area contributed by atoms with Crippen molar-refractivity contribution in [3.8, 4) is 0 Å². The smallest absolute Gasteiger partial charge is 0.0651 e. The number of aromatic amines is 1. The molecule has 0 bridgehead atoms. The molecule has 1 aromatic heterocycles. The van der Waals surface area contributed by atoms with E-state index in [-0.39, 0.29) is 0 Å². The van der Waals surface area contributed by atoms with Gasteiger partial charge in [-0.15, -0.1) is 0 Å². The molecule has 2 aromatic rings. The van der Waals surface area contributed by atoms with E-state index in [0.717, 1.165) is 16.6 Å². The zero-order valence-corrected chi connectivity index (χ0v) is 8.30. The average molecular weight is 208 g/mol. The summed E-state index contributed by atoms with van der Waals surface area (Å²) in [5.74, 6) is 0. The van der Waals surface area contributed by atoms with Crippen molar-refractivity contribution in [2.45, 2.75) is 0 Å². The molecule has 0 unspecified atom stereocenters. The summed E-state index contributed by atoms with van der Waals surface area (Å²) in [4.78, 5) is 0. The fourth-order valence-electron chi connectivity index (χ4n) is 1.25. The number of rotatable bonds is 3. The molecule has 2 N–H and O–H groups in total. The molecule has 2 rings (SSSR count). The molecule has 3 nitrogen and oxygen atoms in total. The lowest BCUT2D eigenvalue weighted by molar-refractivity contribution is 1.12. The number of anilines is 1. The van der Waals surface area contributed by atoms with E-state index >= 15 is 0 Å². The molecule has 72 valence electrons. The van der Waals surface area contributed by atoms with Gasteiger partial charge >= 0.3 is 0 Å². The van der Waals surface area contributed by atoms with Gasteiger partial charge in [-0.05, 0) is 18.2 Å². The van der Waals surface area contributed by atoms with Crippen molar-refractivity contribution in [3.05, 3.63) is 36.0 Å². The molecule has 0 spiro atoms. The molecular formula is C10H10ClN3. The molecule has 0 aliphatic carbocycles. The first-order chi connectivity index (χ1) is 6.75. The predicted molar refractivity (Wildman–Crippen MR) is 59.6 cm³/mol. The number of H-pyrrole nitrogens is 1. The van der Waals surface area contributed by atoms with Crippen LogP contribution in [0.5, 0.6) is 0 Å². The Morgan fingerprint density at radius 2 is 2.43 bits per heavy atom. The molecule has 0 aliphatic rings. The van der Waals surface area contributed by atoms with Crippen molar-refractivity contribution in [1.29, 1.82) is 0 Å². The minimum absolute atomic E-state index is 0.574. The summed E-state index contributed by atoms with van der Waals surface area (Å²) in [6, 6.07) is 5.96. The maximum Gasteiger partial charge on any atom is 0.0651 e. The van der Waals surface area contributed by atoms with Crippen LogP contribution in [0.25, 0.3) is 10.9 Å². The van der Waals surface area contributed by atoms with Crippen LogP contribution >= 0.6 is 11.6 Å². The highest BCUT2D eigenvalue weighted by Crippen LogP contribution is 2.16. The van der Waals surface area contributed by atoms with Crippen molar-refractivity contribution < 1.29 is 0 Å². The van der Waals surface area contributed by atoms with Crippen molar-refractivity contribution in [2.75, 3.05) is 11.9 Å². The summed E-state index contributed by atoms with van der Waals surface area (Å²) in [7, 11) is 0. The van der Waals surface area contributed by atoms with Gasteiger partial charge in [0.2, 0.25) is 0 Å². The van der Waals surface area contributed by atoms with Crippen LogP contribution in [0.4, 0.5) is 5.69 Å². The zero-order chi connectivity index (χ0) is 9.97. The number of nitrogens with one attached hydrogen (secondary N) is 2. The molecule has 0 amide bonds. The number of hydrogen-bond acceptors (Lipinski definition) is 2. The second-order valence-corrected chi connectivity index (χ2v) is 3.58. The van der Waals surface area contributed by atoms with E-state index < -0.39 is 0 Å². The topological polar surface area (TPSA) is 40.7 Å². The third kappa shape index (κ3) is 1.88. The fourth-order valence-corrected chi connectivity index (χ4v) is 1.32. The van der Waals surface area contributed by atoms with Crippen molar-refractivity contribution >= 4 is 28.2 Å². The van der Waals surface area contributed by atoms with Crippen LogP contribution in [0.3, 0.4) is 0 Å². The summed E-state index contributed by atoms with van der Waals surface area (Å²) < 4.78 is 0. The first-order valence-electron chi connectivity index (χ1n) is 4.26. The quantitative estimate of drug-likeness (QED) is 0.813. The SMILES string of the molecule is C=C(Cl)CNc1ccc2[nH]ncc2c1. The molecule has 1 aromatic carbocycles. The van der Waals surface area contributed by atoms with Gasteiger partial charge in [-0.25, -0.2) is 0 Å². The Morgan fingerprint density at radius 3 is 3.21 bits per heavy atom. The number of benzene rings is 1. The largest absolute Gasteiger partial charge is 0.380 e. The van der Waals surface area contributed by atoms with Gasteiger partial charge in [0.15, 0.2) is 0 Å². The molecule has 14 heavy (non-hydrogen) atoms. The van der Waals surface area contributed by atoms with Crippen LogP contribution in [0.2, 0.25) is 0 Å². The summed E-state index contributed by atoms with van der Waals surface area (Å²) in [5.41, 5.74) is 2.04. The van der Waals surface area contributed by atoms with E-state index in [2.05, 4.69) is 22.1 Å². The lowest BCUT2D eigenvalue weighted by Crippen LogP contribution is -1.99. The van der Waals surface area contributed by atoms with Crippen molar-refractivity contribution in [2.24, 2.45) is 0 Å². The highest BCUT2D eigenvalue weighted by atomic mass is 35.5. The van der Waals surface area contributed by atoms with Crippen molar-refractivity contribution in [1.82, 2.24) is 10.2 Å². The van der Waals surface area contributed by atoms with Gasteiger partial charge in [0.25, 0.3) is 0 Å². The Labute approximate surface area is 86.8 Å². The summed E-state index contributed by atoms with van der Waals surface area (Å²) in [6.45, 7) is 4.18. The first kappa shape index (κ1) is 9.09. The van der Waals surface area contributed by atoms with Crippen LogP contribution in [0.1, 0.15) is 0 Å². The Kier molecular flexibility index (Phi) is 2.41. The monoisotopic (exact) mass is 207 g/mol. The van der Waals surface area contributed by atoms with Crippen molar-refractivity contribution in [3.63, 3.8) is 0 Å². The molecule has 0 atom stereocenters. The third-order valence-corrected chi connectivity index (χ3v) is 2.06. The molecule has 1 heterocycles. The van der Waals surface area contributed by atoms with Gasteiger partial charge < -0.3 is 5.32 Å². The van der Waals surface area contributed by atoms with Crippen LogP contribution in [-0.4, -0.2) is 16.7 Å². The summed E-state index contributed by atoms with van der Waals surface area (Å²) >= 11 is 5.65. The van der Waals surface area contributed by atoms with Gasteiger partial charge in [0, 0.05) is 16.1 Å². The van der Waals surface area contributed by atoms with E-state index in [0.29, 0.717) is 11.6 Å². The molecular weight excluding hydrogens is 198 g/mol. The normalized spacial score (nSPS) is 10.4. The number of aromatic nitrogens is 2. The maximum absolute atomic E-state index is 5.65. The molecule has 0 aliphatic heterocycles. The average Bonchev–Trinajstić information content (AvgIpc) is 2.61. The minimum Gasteiger partial charge on any atom is -0.380 e. The Morgan fingerprint density at radius 1 is 1.57 bits per heavy atom. The molecule has 4 heteroatoms. The number of halogens is 1. The summed E-state index contributed by atoms with van der Waals surface area (Å²) in [5, 5.41) is 11.7. The van der Waals surface area contributed by atoms with E-state index in [1.807, 2.05) is 18.2 Å². The van der Waals surface area contributed by atoms with E-state index in [9.17, 15) is 0 Å². The van der Waals surface area contributed by atoms with E-state index in [4.69, 9.17) is 11.6 Å². The van der Waals surface area contributed by atoms with E-state index in [1.54, 1.807) is 6.20 Å². The van der Waals surface area contributed by atoms with Gasteiger partial charge in [-0.1, -0.05) is 18.2 Å². The van der Waals surface area contributed by atoms with Crippen LogP contribution in [-0.2, 0) is 0 Å². The zero-order valence-electron chi connectivity index (χ0n) is 7.55. The number of hydrogen-bond donors (Lipinski definition) is 2. The Bertz CT molecular complexity index is 461. The minimum atomic E-state index is 0.574. The van der Waals surface area contributed by atoms with Gasteiger partial charge in [0.05, 0.1) is 18.3 Å². The molecule has 0 saturated carbocycles. The predicted octanol–water partition coefficient (Wildman–Crippen LogP) is 2.73. The standard InChI is InChI=1S/C10H10ClN3/c1-7(11)5-12-9-2-3-10-8(4-9)6-13-14-10/h2-4,6,12H,1,5H2,(H,13,14). The second-order valence-electron chi connectivity index (χ2n) is 3.04. The first-order valence-corrected chi connectivity index (χ1v) is 4.64. The Hall–Kier alpha value is -1.48. The van der Waals surface area contributed by atoms with E-state index in [1.165, 1.54) is 0 Å². The fraction of sp³-hybridized carbons (Fsp3) is 0.100.